The molecule has 0 amide bonds. The molecule has 0 saturated heterocycles. The Bertz CT molecular complexity index is 817. The largest absolute Gasteiger partial charge is 0.502 e. The third-order valence-electron chi connectivity index (χ3n) is 3.40. The van der Waals surface area contributed by atoms with Gasteiger partial charge in [0.1, 0.15) is 5.58 Å². The van der Waals surface area contributed by atoms with Crippen LogP contribution in [0.1, 0.15) is 12.5 Å². The molecule has 0 radical (unpaired) electrons. The molecule has 0 unspecified atom stereocenters. The number of aromatic hydroxyl groups is 1. The summed E-state index contributed by atoms with van der Waals surface area (Å²) in [4.78, 5) is 12.4. The first kappa shape index (κ1) is 12.5. The molecule has 3 nitrogen and oxygen atoms in total. The van der Waals surface area contributed by atoms with E-state index in [-0.39, 0.29) is 16.9 Å². The average molecular weight is 266 g/mol. The van der Waals surface area contributed by atoms with Gasteiger partial charge in [-0.05, 0) is 18.1 Å². The summed E-state index contributed by atoms with van der Waals surface area (Å²) in [6.45, 7) is 1.97. The second kappa shape index (κ2) is 4.85. The van der Waals surface area contributed by atoms with Crippen LogP contribution in [-0.4, -0.2) is 5.11 Å². The van der Waals surface area contributed by atoms with Crippen molar-refractivity contribution in [3.05, 3.63) is 64.3 Å². The molecule has 3 aromatic rings. The van der Waals surface area contributed by atoms with Crippen LogP contribution in [0, 0.1) is 0 Å². The van der Waals surface area contributed by atoms with Crippen LogP contribution in [0.25, 0.3) is 22.3 Å². The van der Waals surface area contributed by atoms with Crippen LogP contribution >= 0.6 is 0 Å². The van der Waals surface area contributed by atoms with Gasteiger partial charge in [0.15, 0.2) is 5.76 Å². The van der Waals surface area contributed by atoms with E-state index < -0.39 is 0 Å². The average Bonchev–Trinajstić information content (AvgIpc) is 2.51. The highest BCUT2D eigenvalue weighted by atomic mass is 16.4. The fourth-order valence-electron chi connectivity index (χ4n) is 2.38. The first-order valence-electron chi connectivity index (χ1n) is 6.55. The Morgan fingerprint density at radius 2 is 1.80 bits per heavy atom. The van der Waals surface area contributed by atoms with E-state index in [9.17, 15) is 9.90 Å². The molecule has 1 N–H and O–H groups in total. The highest BCUT2D eigenvalue weighted by molar-refractivity contribution is 5.84. The zero-order chi connectivity index (χ0) is 14.1. The molecule has 0 aliphatic rings. The van der Waals surface area contributed by atoms with Crippen LogP contribution in [0.3, 0.4) is 0 Å². The second-order valence-corrected chi connectivity index (χ2v) is 4.62. The lowest BCUT2D eigenvalue weighted by atomic mass is 10.0. The molecule has 1 heterocycles. The summed E-state index contributed by atoms with van der Waals surface area (Å²) < 4.78 is 5.75. The lowest BCUT2D eigenvalue weighted by Gasteiger charge is -2.08. The van der Waals surface area contributed by atoms with Gasteiger partial charge in [0.25, 0.3) is 0 Å². The van der Waals surface area contributed by atoms with E-state index in [0.717, 1.165) is 5.56 Å². The van der Waals surface area contributed by atoms with Gasteiger partial charge >= 0.3 is 0 Å². The molecule has 0 saturated carbocycles. The topological polar surface area (TPSA) is 50.4 Å². The van der Waals surface area contributed by atoms with Gasteiger partial charge in [-0.1, -0.05) is 49.4 Å². The lowest BCUT2D eigenvalue weighted by Crippen LogP contribution is -2.05. The maximum atomic E-state index is 12.4. The maximum Gasteiger partial charge on any atom is 0.235 e. The molecule has 0 aliphatic carbocycles. The predicted octanol–water partition coefficient (Wildman–Crippen LogP) is 3.73. The number of benzene rings is 2. The standard InChI is InChI=1S/C17H14O3/c1-2-11-9-6-10-13-14(11)15(18)16(19)17(20-13)12-7-4-3-5-8-12/h3-10,19H,2H2,1H3. The highest BCUT2D eigenvalue weighted by Crippen LogP contribution is 2.30. The van der Waals surface area contributed by atoms with Crippen molar-refractivity contribution in [2.45, 2.75) is 13.3 Å². The molecule has 3 rings (SSSR count). The number of hydrogen-bond acceptors (Lipinski definition) is 3. The first-order valence-corrected chi connectivity index (χ1v) is 6.55. The van der Waals surface area contributed by atoms with E-state index in [1.165, 1.54) is 0 Å². The molecule has 0 fully saturated rings. The fourth-order valence-corrected chi connectivity index (χ4v) is 2.38. The van der Waals surface area contributed by atoms with Gasteiger partial charge in [0.05, 0.1) is 5.39 Å². The van der Waals surface area contributed by atoms with Gasteiger partial charge in [-0.25, -0.2) is 0 Å². The quantitative estimate of drug-likeness (QED) is 0.769. The summed E-state index contributed by atoms with van der Waals surface area (Å²) >= 11 is 0. The van der Waals surface area contributed by atoms with Crippen molar-refractivity contribution in [3.63, 3.8) is 0 Å². The van der Waals surface area contributed by atoms with Crippen LogP contribution in [0.2, 0.25) is 0 Å². The van der Waals surface area contributed by atoms with Crippen molar-refractivity contribution >= 4 is 11.0 Å². The smallest absolute Gasteiger partial charge is 0.235 e. The zero-order valence-corrected chi connectivity index (χ0v) is 11.1. The third kappa shape index (κ3) is 1.88. The monoisotopic (exact) mass is 266 g/mol. The predicted molar refractivity (Wildman–Crippen MR) is 79.0 cm³/mol. The van der Waals surface area contributed by atoms with Crippen LogP contribution in [0.5, 0.6) is 5.75 Å². The van der Waals surface area contributed by atoms with Crippen LogP contribution < -0.4 is 5.43 Å². The van der Waals surface area contributed by atoms with E-state index in [2.05, 4.69) is 0 Å². The Kier molecular flexibility index (Phi) is 3.03. The molecule has 0 atom stereocenters. The first-order chi connectivity index (χ1) is 9.72. The maximum absolute atomic E-state index is 12.4. The minimum absolute atomic E-state index is 0.219. The summed E-state index contributed by atoms with van der Waals surface area (Å²) in [5.41, 5.74) is 1.70. The van der Waals surface area contributed by atoms with E-state index in [1.54, 1.807) is 18.2 Å². The number of rotatable bonds is 2. The van der Waals surface area contributed by atoms with Gasteiger partial charge in [-0.3, -0.25) is 4.79 Å². The summed E-state index contributed by atoms with van der Waals surface area (Å²) in [7, 11) is 0. The molecule has 0 aliphatic heterocycles. The van der Waals surface area contributed by atoms with E-state index in [0.29, 0.717) is 23.0 Å². The van der Waals surface area contributed by atoms with Gasteiger partial charge < -0.3 is 9.52 Å². The summed E-state index contributed by atoms with van der Waals surface area (Å²) in [5.74, 6) is -0.110. The van der Waals surface area contributed by atoms with Crippen LogP contribution in [0.4, 0.5) is 0 Å². The van der Waals surface area contributed by atoms with Crippen molar-refractivity contribution in [2.75, 3.05) is 0 Å². The Morgan fingerprint density at radius 1 is 1.05 bits per heavy atom. The van der Waals surface area contributed by atoms with Gasteiger partial charge in [-0.2, -0.15) is 0 Å². The van der Waals surface area contributed by atoms with Crippen molar-refractivity contribution in [1.29, 1.82) is 0 Å². The summed E-state index contributed by atoms with van der Waals surface area (Å²) in [5, 5.41) is 10.6. The Hall–Kier alpha value is -2.55. The number of aryl methyl sites for hydroxylation is 1. The molecular formula is C17H14O3. The van der Waals surface area contributed by atoms with Crippen molar-refractivity contribution in [1.82, 2.24) is 0 Å². The normalized spacial score (nSPS) is 10.8. The third-order valence-corrected chi connectivity index (χ3v) is 3.40. The van der Waals surface area contributed by atoms with E-state index >= 15 is 0 Å². The zero-order valence-electron chi connectivity index (χ0n) is 11.1. The Morgan fingerprint density at radius 3 is 2.50 bits per heavy atom. The molecule has 100 valence electrons. The van der Waals surface area contributed by atoms with Crippen LogP contribution in [0.15, 0.2) is 57.7 Å². The minimum atomic E-state index is -0.373. The number of hydrogen-bond donors (Lipinski definition) is 1. The Balaban J connectivity index is 2.38. The lowest BCUT2D eigenvalue weighted by molar-refractivity contribution is 0.449. The molecule has 0 bridgehead atoms. The summed E-state index contributed by atoms with van der Waals surface area (Å²) in [6.07, 6.45) is 0.715. The SMILES string of the molecule is CCc1cccc2oc(-c3ccccc3)c(O)c(=O)c12. The molecule has 20 heavy (non-hydrogen) atoms. The Labute approximate surface area is 116 Å². The van der Waals surface area contributed by atoms with E-state index in [1.807, 2.05) is 37.3 Å². The van der Waals surface area contributed by atoms with Crippen molar-refractivity contribution in [2.24, 2.45) is 0 Å². The van der Waals surface area contributed by atoms with Gasteiger partial charge in [0, 0.05) is 5.56 Å². The van der Waals surface area contributed by atoms with E-state index in [4.69, 9.17) is 4.42 Å². The minimum Gasteiger partial charge on any atom is -0.502 e. The number of fused-ring (bicyclic) bond motifs is 1. The van der Waals surface area contributed by atoms with Gasteiger partial charge in [-0.15, -0.1) is 0 Å². The van der Waals surface area contributed by atoms with Gasteiger partial charge in [0.2, 0.25) is 11.2 Å². The van der Waals surface area contributed by atoms with Crippen LogP contribution in [-0.2, 0) is 6.42 Å². The molecule has 0 spiro atoms. The summed E-state index contributed by atoms with van der Waals surface area (Å²) in [6, 6.07) is 14.6. The molecular weight excluding hydrogens is 252 g/mol. The highest BCUT2D eigenvalue weighted by Gasteiger charge is 2.16. The fraction of sp³-hybridized carbons (Fsp3) is 0.118. The molecule has 3 heteroatoms. The van der Waals surface area contributed by atoms with Crippen molar-refractivity contribution in [3.8, 4) is 17.1 Å². The van der Waals surface area contributed by atoms with Crippen molar-refractivity contribution < 1.29 is 9.52 Å². The molecule has 1 aromatic heterocycles. The molecule has 2 aromatic carbocycles. The second-order valence-electron chi connectivity index (χ2n) is 4.62.